The number of Topliss-reactive ketones (excluding diaryl/α,β-unsaturated/α-hetero) is 1. The standard InChI is InChI=1S/C73H112FN13O18/c1-17-45(8)64(85(13)70(97)62(43(4)5)82-69(96)63(44(6)7)83(10)11)56(102-15)38-60(92)87-40-50(37-53(87)65(103-16)46(9)66(93)78-39-54(88)48-26-29-55(101-14)51(74)36-48)105-72(99)77-33-35-84(12)73(100)104-41-47-24-27-49(28-25-47)79-67(94)52(22-21-32-76-71(75)98)80-68(95)61(42(2)3)81-57(89)23-19-18-20-34-86-58(90)30-31-59(86)91/h24-31,36,42-46,50,52-53,56,61-65H,17-23,32-35,37-41H2,1-16H3,(H,77,99)(H,78,93)(H,79,94)(H,80,95)(H,81,89)(H,82,96)(H3,75,76,98)/t45-,46+,50-,52-,53-,56+,61-,62-,63-,64-,65+/m0/s1. The molecule has 2 aliphatic heterocycles. The van der Waals surface area contributed by atoms with Crippen LogP contribution in [0.5, 0.6) is 5.75 Å². The Morgan fingerprint density at radius 3 is 1.94 bits per heavy atom. The van der Waals surface area contributed by atoms with Crippen molar-refractivity contribution >= 4 is 82.9 Å². The molecule has 4 rings (SSSR count). The van der Waals surface area contributed by atoms with Crippen LogP contribution in [-0.4, -0.2) is 245 Å². The lowest BCUT2D eigenvalue weighted by Crippen LogP contribution is -2.59. The van der Waals surface area contributed by atoms with Gasteiger partial charge in [-0.1, -0.05) is 87.3 Å². The fourth-order valence-electron chi connectivity index (χ4n) is 12.7. The number of carbonyl (C=O) groups excluding carboxylic acids is 13. The number of carbonyl (C=O) groups is 13. The van der Waals surface area contributed by atoms with Crippen LogP contribution in [0.25, 0.3) is 0 Å². The number of rotatable bonds is 43. The Labute approximate surface area is 615 Å². The fraction of sp³-hybridized carbons (Fsp3) is 0.630. The van der Waals surface area contributed by atoms with E-state index in [1.165, 1.54) is 67.4 Å². The number of unbranched alkanes of at least 4 members (excludes halogenated alkanes) is 2. The smallest absolute Gasteiger partial charge is 0.409 e. The maximum atomic E-state index is 15.0. The molecule has 0 unspecified atom stereocenters. The molecule has 0 radical (unpaired) electrons. The highest BCUT2D eigenvalue weighted by Crippen LogP contribution is 2.32. The van der Waals surface area contributed by atoms with Gasteiger partial charge in [0.1, 0.15) is 30.8 Å². The monoisotopic (exact) mass is 1480 g/mol. The molecule has 0 bridgehead atoms. The number of imide groups is 1. The summed E-state index contributed by atoms with van der Waals surface area (Å²) in [6, 6.07) is 3.99. The summed E-state index contributed by atoms with van der Waals surface area (Å²) in [5.74, 6) is -7.71. The molecular formula is C73H112FN13O18. The topological polar surface area (TPSA) is 394 Å². The van der Waals surface area contributed by atoms with Crippen LogP contribution in [0.3, 0.4) is 0 Å². The Hall–Kier alpha value is -9.30. The summed E-state index contributed by atoms with van der Waals surface area (Å²) in [6.07, 6.45) is -0.0967. The minimum Gasteiger partial charge on any atom is -0.494 e. The molecule has 1 fully saturated rings. The van der Waals surface area contributed by atoms with Crippen LogP contribution in [0.15, 0.2) is 54.6 Å². The third-order valence-corrected chi connectivity index (χ3v) is 18.8. The molecule has 1 saturated heterocycles. The summed E-state index contributed by atoms with van der Waals surface area (Å²) in [5.41, 5.74) is 6.07. The Bertz CT molecular complexity index is 3310. The van der Waals surface area contributed by atoms with E-state index in [9.17, 15) is 61.9 Å². The summed E-state index contributed by atoms with van der Waals surface area (Å²) < 4.78 is 43.1. The lowest BCUT2D eigenvalue weighted by molar-refractivity contribution is -0.148. The van der Waals surface area contributed by atoms with Crippen molar-refractivity contribution in [3.63, 3.8) is 0 Å². The van der Waals surface area contributed by atoms with Gasteiger partial charge in [0.2, 0.25) is 41.4 Å². The predicted octanol–water partition coefficient (Wildman–Crippen LogP) is 4.25. The first-order valence-corrected chi connectivity index (χ1v) is 35.7. The number of amides is 13. The van der Waals surface area contributed by atoms with Gasteiger partial charge in [0.25, 0.3) is 11.8 Å². The summed E-state index contributed by atoms with van der Waals surface area (Å²) in [6.45, 7) is 15.7. The molecule has 0 saturated carbocycles. The number of alkyl carbamates (subject to hydrolysis) is 1. The molecule has 2 heterocycles. The molecule has 2 aromatic carbocycles. The second kappa shape index (κ2) is 43.2. The third kappa shape index (κ3) is 27.0. The normalized spacial score (nSPS) is 16.8. The molecule has 584 valence electrons. The number of benzene rings is 2. The Balaban J connectivity index is 1.42. The van der Waals surface area contributed by atoms with E-state index in [-0.39, 0.29) is 130 Å². The number of ketones is 1. The molecule has 0 spiro atoms. The van der Waals surface area contributed by atoms with Crippen LogP contribution in [0.4, 0.5) is 24.5 Å². The van der Waals surface area contributed by atoms with Crippen molar-refractivity contribution in [1.29, 1.82) is 0 Å². The van der Waals surface area contributed by atoms with Gasteiger partial charge in [0, 0.05) is 90.7 Å². The molecule has 2 aliphatic rings. The molecule has 2 aromatic rings. The summed E-state index contributed by atoms with van der Waals surface area (Å²) in [7, 11) is 10.7. The lowest BCUT2D eigenvalue weighted by Gasteiger charge is -2.41. The van der Waals surface area contributed by atoms with E-state index in [0.717, 1.165) is 11.0 Å². The lowest BCUT2D eigenvalue weighted by atomic mass is 9.89. The average molecular weight is 1480 g/mol. The van der Waals surface area contributed by atoms with E-state index in [4.69, 9.17) is 29.4 Å². The number of hydrogen-bond donors (Lipinski definition) is 8. The highest BCUT2D eigenvalue weighted by atomic mass is 19.1. The first-order chi connectivity index (χ1) is 49.6. The number of ether oxygens (including phenoxy) is 5. The van der Waals surface area contributed by atoms with Crippen molar-refractivity contribution in [3.8, 4) is 5.75 Å². The number of nitrogens with zero attached hydrogens (tertiary/aromatic N) is 5. The average Bonchev–Trinajstić information content (AvgIpc) is 1.74. The van der Waals surface area contributed by atoms with Crippen LogP contribution in [0.1, 0.15) is 136 Å². The molecule has 105 heavy (non-hydrogen) atoms. The minimum absolute atomic E-state index is 0.0140. The van der Waals surface area contributed by atoms with Crippen molar-refractivity contribution in [2.24, 2.45) is 35.3 Å². The number of primary amides is 1. The highest BCUT2D eigenvalue weighted by Gasteiger charge is 2.47. The largest absolute Gasteiger partial charge is 0.494 e. The van der Waals surface area contributed by atoms with E-state index in [0.29, 0.717) is 36.9 Å². The van der Waals surface area contributed by atoms with Gasteiger partial charge in [-0.2, -0.15) is 0 Å². The Kier molecular flexibility index (Phi) is 36.3. The van der Waals surface area contributed by atoms with Gasteiger partial charge in [-0.05, 0) is 99.3 Å². The van der Waals surface area contributed by atoms with Crippen molar-refractivity contribution < 1.29 is 90.4 Å². The van der Waals surface area contributed by atoms with Crippen molar-refractivity contribution in [1.82, 2.24) is 56.4 Å². The minimum atomic E-state index is -1.12. The quantitative estimate of drug-likeness (QED) is 0.0261. The number of methoxy groups -OCH3 is 3. The molecular weight excluding hydrogens is 1370 g/mol. The van der Waals surface area contributed by atoms with E-state index in [1.54, 1.807) is 71.1 Å². The number of hydrogen-bond acceptors (Lipinski definition) is 19. The second-order valence-corrected chi connectivity index (χ2v) is 27.9. The number of urea groups is 1. The molecule has 0 aliphatic carbocycles. The zero-order valence-corrected chi connectivity index (χ0v) is 63.6. The molecule has 13 amide bonds. The molecule has 9 N–H and O–H groups in total. The summed E-state index contributed by atoms with van der Waals surface area (Å²) >= 11 is 0. The number of anilines is 1. The number of nitrogens with two attached hydrogens (primary N) is 1. The zero-order chi connectivity index (χ0) is 78.5. The Morgan fingerprint density at radius 2 is 1.37 bits per heavy atom. The second-order valence-electron chi connectivity index (χ2n) is 27.9. The predicted molar refractivity (Wildman–Crippen MR) is 387 cm³/mol. The Morgan fingerprint density at radius 1 is 0.714 bits per heavy atom. The summed E-state index contributed by atoms with van der Waals surface area (Å²) in [4.78, 5) is 180. The van der Waals surface area contributed by atoms with E-state index in [2.05, 4.69) is 37.2 Å². The molecule has 11 atom stereocenters. The van der Waals surface area contributed by atoms with Gasteiger partial charge >= 0.3 is 18.2 Å². The first-order valence-electron chi connectivity index (χ1n) is 35.7. The number of likely N-dealkylation sites (N-methyl/N-ethyl adjacent to an activating group) is 3. The van der Waals surface area contributed by atoms with Crippen LogP contribution in [-0.2, 0) is 68.7 Å². The first kappa shape index (κ1) is 88.1. The van der Waals surface area contributed by atoms with Crippen molar-refractivity contribution in [3.05, 3.63) is 71.6 Å². The number of halogens is 1. The SMILES string of the molecule is CC[C@H](C)[C@@H]([C@@H](CC(=O)N1C[C@@H](OC(=O)NCCN(C)C(=O)OCc2ccc(NC(=O)[C@H](CCCNC(N)=O)NC(=O)[C@@H](NC(=O)CCCCCN3C(=O)C=CC3=O)C(C)C)cc2)C[C@H]1[C@H](OC)[C@@H](C)C(=O)NCC(=O)c1ccc(OC)c(F)c1)OC)N(C)C(=O)[C@@H](NC(=O)[C@H](C(C)C)N(C)C)C(C)C. The van der Waals surface area contributed by atoms with Crippen LogP contribution in [0, 0.1) is 35.4 Å². The highest BCUT2D eigenvalue weighted by molar-refractivity contribution is 6.13. The van der Waals surface area contributed by atoms with Crippen LogP contribution in [0.2, 0.25) is 0 Å². The van der Waals surface area contributed by atoms with E-state index in [1.807, 2.05) is 41.5 Å². The number of nitrogens with one attached hydrogen (secondary N) is 7. The number of likely N-dealkylation sites (tertiary alicyclic amines) is 1. The molecule has 32 heteroatoms. The molecule has 0 aromatic heterocycles. The van der Waals surface area contributed by atoms with Gasteiger partial charge < -0.3 is 81.3 Å². The van der Waals surface area contributed by atoms with Gasteiger partial charge in [0.05, 0.1) is 62.9 Å². The van der Waals surface area contributed by atoms with Gasteiger partial charge in [0.15, 0.2) is 17.3 Å². The van der Waals surface area contributed by atoms with Gasteiger partial charge in [-0.3, -0.25) is 57.7 Å². The van der Waals surface area contributed by atoms with Crippen LogP contribution >= 0.6 is 0 Å². The fourth-order valence-corrected chi connectivity index (χ4v) is 12.7. The third-order valence-electron chi connectivity index (χ3n) is 18.8. The van der Waals surface area contributed by atoms with Crippen molar-refractivity contribution in [2.75, 3.05) is 94.1 Å². The maximum Gasteiger partial charge on any atom is 0.409 e. The van der Waals surface area contributed by atoms with Gasteiger partial charge in [-0.25, -0.2) is 18.8 Å². The van der Waals surface area contributed by atoms with E-state index >= 15 is 4.79 Å². The zero-order valence-electron chi connectivity index (χ0n) is 63.6. The van der Waals surface area contributed by atoms with Gasteiger partial charge in [-0.15, -0.1) is 0 Å². The maximum absolute atomic E-state index is 15.0. The van der Waals surface area contributed by atoms with Crippen molar-refractivity contribution in [2.45, 2.75) is 181 Å². The van der Waals surface area contributed by atoms with Crippen LogP contribution < -0.4 is 47.7 Å². The van der Waals surface area contributed by atoms with E-state index < -0.39 is 126 Å². The summed E-state index contributed by atoms with van der Waals surface area (Å²) in [5, 5.41) is 18.9. The molecule has 31 nitrogen and oxygen atoms in total.